The quantitative estimate of drug-likeness (QED) is 0.870. The molecule has 1 atom stereocenters. The van der Waals surface area contributed by atoms with Crippen molar-refractivity contribution in [2.75, 3.05) is 39.8 Å². The molecule has 1 aromatic rings. The lowest BCUT2D eigenvalue weighted by atomic mass is 9.89. The number of ether oxygens (including phenoxy) is 1. The molecule has 0 radical (unpaired) electrons. The number of hydrogen-bond acceptors (Lipinski definition) is 4. The van der Waals surface area contributed by atoms with E-state index < -0.39 is 0 Å². The highest BCUT2D eigenvalue weighted by Gasteiger charge is 2.51. The van der Waals surface area contributed by atoms with Crippen LogP contribution in [0, 0.1) is 11.7 Å². The third-order valence-electron chi connectivity index (χ3n) is 5.59. The molecule has 1 aromatic carbocycles. The molecule has 6 heteroatoms. The van der Waals surface area contributed by atoms with Crippen LogP contribution in [-0.2, 0) is 16.1 Å². The van der Waals surface area contributed by atoms with Crippen LogP contribution in [0.5, 0.6) is 0 Å². The lowest BCUT2D eigenvalue weighted by Crippen LogP contribution is -2.72. The second kappa shape index (κ2) is 6.67. The Bertz CT molecular complexity index is 643. The Morgan fingerprint density at radius 3 is 2.76 bits per heavy atom. The number of carbonyl (C=O) groups is 1. The van der Waals surface area contributed by atoms with E-state index in [2.05, 4.69) is 15.1 Å². The third-order valence-corrected chi connectivity index (χ3v) is 5.59. The monoisotopic (exact) mass is 347 g/mol. The summed E-state index contributed by atoms with van der Waals surface area (Å²) in [5, 5.41) is 2.76. The summed E-state index contributed by atoms with van der Waals surface area (Å²) in [4.78, 5) is 16.7. The summed E-state index contributed by atoms with van der Waals surface area (Å²) in [5.41, 5.74) is 0.524. The van der Waals surface area contributed by atoms with Gasteiger partial charge in [-0.3, -0.25) is 14.6 Å². The maximum absolute atomic E-state index is 13.8. The number of amides is 1. The number of halogens is 1. The number of likely N-dealkylation sites (N-methyl/N-ethyl adjacent to an activating group) is 1. The summed E-state index contributed by atoms with van der Waals surface area (Å²) in [6.07, 6.45) is 2.54. The van der Waals surface area contributed by atoms with Gasteiger partial charge in [0.05, 0.1) is 6.61 Å². The van der Waals surface area contributed by atoms with Gasteiger partial charge in [0.1, 0.15) is 17.5 Å². The number of nitrogens with zero attached hydrogens (tertiary/aromatic N) is 2. The molecule has 3 fully saturated rings. The van der Waals surface area contributed by atoms with E-state index in [1.165, 1.54) is 18.9 Å². The van der Waals surface area contributed by atoms with Crippen LogP contribution in [0.15, 0.2) is 24.3 Å². The molecule has 0 unspecified atom stereocenters. The largest absolute Gasteiger partial charge is 0.369 e. The fraction of sp³-hybridized carbons (Fsp3) is 0.632. The number of likely N-dealkylation sites (tertiary alicyclic amines) is 1. The van der Waals surface area contributed by atoms with E-state index in [0.29, 0.717) is 13.2 Å². The van der Waals surface area contributed by atoms with E-state index in [0.717, 1.165) is 37.7 Å². The molecule has 1 amide bonds. The number of morpholine rings is 1. The van der Waals surface area contributed by atoms with E-state index in [1.807, 2.05) is 12.1 Å². The van der Waals surface area contributed by atoms with E-state index in [1.54, 1.807) is 13.1 Å². The molecule has 136 valence electrons. The van der Waals surface area contributed by atoms with Crippen molar-refractivity contribution in [3.05, 3.63) is 35.6 Å². The highest BCUT2D eigenvalue weighted by atomic mass is 19.1. The van der Waals surface area contributed by atoms with Crippen LogP contribution in [0.3, 0.4) is 0 Å². The van der Waals surface area contributed by atoms with Crippen LogP contribution >= 0.6 is 0 Å². The highest BCUT2D eigenvalue weighted by molar-refractivity contribution is 5.81. The molecule has 1 spiro atoms. The fourth-order valence-electron chi connectivity index (χ4n) is 4.06. The zero-order valence-electron chi connectivity index (χ0n) is 14.7. The molecule has 2 aliphatic heterocycles. The molecule has 25 heavy (non-hydrogen) atoms. The zero-order chi connectivity index (χ0) is 17.4. The minimum Gasteiger partial charge on any atom is -0.369 e. The summed E-state index contributed by atoms with van der Waals surface area (Å²) in [6.45, 7) is 4.41. The number of benzene rings is 1. The standard InChI is InChI=1S/C19H26FN3O2/c1-21-18(24)17-10-25-19(13-23(17)8-14-6-7-14)11-22(12-19)9-15-4-2-3-5-16(15)20/h2-5,14,17H,6-13H2,1H3,(H,21,24)/t17-/m0/s1. The molecule has 5 nitrogen and oxygen atoms in total. The molecule has 2 heterocycles. The Hall–Kier alpha value is -1.50. The van der Waals surface area contributed by atoms with Gasteiger partial charge in [0.25, 0.3) is 0 Å². The predicted octanol–water partition coefficient (Wildman–Crippen LogP) is 1.24. The van der Waals surface area contributed by atoms with Crippen LogP contribution < -0.4 is 5.32 Å². The zero-order valence-corrected chi connectivity index (χ0v) is 14.7. The van der Waals surface area contributed by atoms with Crippen molar-refractivity contribution in [1.82, 2.24) is 15.1 Å². The van der Waals surface area contributed by atoms with E-state index in [4.69, 9.17) is 4.74 Å². The second-order valence-electron chi connectivity index (χ2n) is 7.73. The normalized spacial score (nSPS) is 26.4. The van der Waals surface area contributed by atoms with Crippen LogP contribution in [-0.4, -0.2) is 67.2 Å². The summed E-state index contributed by atoms with van der Waals surface area (Å²) in [5.74, 6) is 0.623. The Kier molecular flexibility index (Phi) is 4.52. The molecule has 2 saturated heterocycles. The Morgan fingerprint density at radius 2 is 2.08 bits per heavy atom. The third kappa shape index (κ3) is 3.57. The lowest BCUT2D eigenvalue weighted by molar-refractivity contribution is -0.203. The van der Waals surface area contributed by atoms with E-state index in [-0.39, 0.29) is 23.4 Å². The molecule has 4 rings (SSSR count). The molecular weight excluding hydrogens is 321 g/mol. The Labute approximate surface area is 148 Å². The predicted molar refractivity (Wildman–Crippen MR) is 92.5 cm³/mol. The van der Waals surface area contributed by atoms with E-state index in [9.17, 15) is 9.18 Å². The van der Waals surface area contributed by atoms with Gasteiger partial charge in [0, 0.05) is 45.3 Å². The van der Waals surface area contributed by atoms with Gasteiger partial charge in [-0.2, -0.15) is 0 Å². The van der Waals surface area contributed by atoms with Gasteiger partial charge < -0.3 is 10.1 Å². The van der Waals surface area contributed by atoms with Crippen molar-refractivity contribution in [1.29, 1.82) is 0 Å². The molecular formula is C19H26FN3O2. The first kappa shape index (κ1) is 16.9. The van der Waals surface area contributed by atoms with Crippen molar-refractivity contribution >= 4 is 5.91 Å². The van der Waals surface area contributed by atoms with Gasteiger partial charge in [0.2, 0.25) is 5.91 Å². The van der Waals surface area contributed by atoms with Crippen molar-refractivity contribution in [3.8, 4) is 0 Å². The second-order valence-corrected chi connectivity index (χ2v) is 7.73. The molecule has 1 aliphatic carbocycles. The maximum atomic E-state index is 13.8. The fourth-order valence-corrected chi connectivity index (χ4v) is 4.06. The Balaban J connectivity index is 1.37. The van der Waals surface area contributed by atoms with Gasteiger partial charge in [0.15, 0.2) is 0 Å². The van der Waals surface area contributed by atoms with Crippen LogP contribution in [0.1, 0.15) is 18.4 Å². The minimum atomic E-state index is -0.204. The first-order valence-corrected chi connectivity index (χ1v) is 9.14. The smallest absolute Gasteiger partial charge is 0.239 e. The number of rotatable bonds is 5. The highest BCUT2D eigenvalue weighted by Crippen LogP contribution is 2.36. The lowest BCUT2D eigenvalue weighted by Gasteiger charge is -2.55. The first-order chi connectivity index (χ1) is 12.1. The molecule has 1 saturated carbocycles. The van der Waals surface area contributed by atoms with Gasteiger partial charge in [-0.1, -0.05) is 18.2 Å². The van der Waals surface area contributed by atoms with Crippen molar-refractivity contribution in [2.45, 2.75) is 31.0 Å². The van der Waals surface area contributed by atoms with E-state index >= 15 is 0 Å². The summed E-state index contributed by atoms with van der Waals surface area (Å²) >= 11 is 0. The molecule has 0 bridgehead atoms. The first-order valence-electron chi connectivity index (χ1n) is 9.14. The number of nitrogens with one attached hydrogen (secondary N) is 1. The minimum absolute atomic E-state index is 0.0398. The van der Waals surface area contributed by atoms with Crippen molar-refractivity contribution in [3.63, 3.8) is 0 Å². The topological polar surface area (TPSA) is 44.8 Å². The van der Waals surface area contributed by atoms with Gasteiger partial charge in [-0.25, -0.2) is 4.39 Å². The average Bonchev–Trinajstić information content (AvgIpc) is 3.39. The summed E-state index contributed by atoms with van der Waals surface area (Å²) in [6, 6.07) is 6.75. The van der Waals surface area contributed by atoms with Crippen LogP contribution in [0.4, 0.5) is 4.39 Å². The van der Waals surface area contributed by atoms with Crippen LogP contribution in [0.2, 0.25) is 0 Å². The van der Waals surface area contributed by atoms with Crippen LogP contribution in [0.25, 0.3) is 0 Å². The average molecular weight is 347 g/mol. The Morgan fingerprint density at radius 1 is 1.32 bits per heavy atom. The molecule has 0 aromatic heterocycles. The summed E-state index contributed by atoms with van der Waals surface area (Å²) in [7, 11) is 1.68. The van der Waals surface area contributed by atoms with Gasteiger partial charge in [-0.15, -0.1) is 0 Å². The molecule has 3 aliphatic rings. The maximum Gasteiger partial charge on any atom is 0.239 e. The number of carbonyl (C=O) groups excluding carboxylic acids is 1. The van der Waals surface area contributed by atoms with Crippen molar-refractivity contribution in [2.24, 2.45) is 5.92 Å². The van der Waals surface area contributed by atoms with Gasteiger partial charge >= 0.3 is 0 Å². The number of hydrogen-bond donors (Lipinski definition) is 1. The summed E-state index contributed by atoms with van der Waals surface area (Å²) < 4.78 is 20.0. The molecule has 1 N–H and O–H groups in total. The van der Waals surface area contributed by atoms with Gasteiger partial charge in [-0.05, 0) is 24.8 Å². The van der Waals surface area contributed by atoms with Crippen molar-refractivity contribution < 1.29 is 13.9 Å². The SMILES string of the molecule is CNC(=O)[C@@H]1COC2(CN(Cc3ccccc3F)C2)CN1CC1CC1.